The van der Waals surface area contributed by atoms with Gasteiger partial charge in [0.05, 0.1) is 27.6 Å². The Labute approximate surface area is 162 Å². The van der Waals surface area contributed by atoms with Crippen LogP contribution in [0.5, 0.6) is 0 Å². The van der Waals surface area contributed by atoms with E-state index in [0.29, 0.717) is 17.0 Å². The van der Waals surface area contributed by atoms with Crippen LogP contribution in [0.2, 0.25) is 5.02 Å². The van der Waals surface area contributed by atoms with Crippen molar-refractivity contribution in [3.63, 3.8) is 0 Å². The molecule has 138 valence electrons. The number of carbonyl (C=O) groups excluding carboxylic acids is 1. The van der Waals surface area contributed by atoms with Gasteiger partial charge in [-0.2, -0.15) is 10.1 Å². The average Bonchev–Trinajstić information content (AvgIpc) is 2.90. The number of carboxylic acids is 1. The first-order valence-electron chi connectivity index (χ1n) is 8.20. The van der Waals surface area contributed by atoms with Crippen LogP contribution in [0.1, 0.15) is 22.8 Å². The normalized spacial score (nSPS) is 15.3. The Morgan fingerprint density at radius 1 is 1.19 bits per heavy atom. The first-order chi connectivity index (χ1) is 12.8. The number of amides is 1. The highest BCUT2D eigenvalue weighted by molar-refractivity contribution is 6.34. The van der Waals surface area contributed by atoms with Crippen molar-refractivity contribution in [3.05, 3.63) is 64.2 Å². The van der Waals surface area contributed by atoms with Gasteiger partial charge < -0.3 is 10.0 Å². The number of aromatic carboxylic acids is 1. The van der Waals surface area contributed by atoms with E-state index in [-0.39, 0.29) is 16.5 Å². The molecule has 0 unspecified atom stereocenters. The Morgan fingerprint density at radius 3 is 2.44 bits per heavy atom. The van der Waals surface area contributed by atoms with Gasteiger partial charge in [0.1, 0.15) is 0 Å². The molecule has 0 aliphatic carbocycles. The van der Waals surface area contributed by atoms with Crippen molar-refractivity contribution in [1.82, 2.24) is 0 Å². The maximum atomic E-state index is 12.8. The van der Waals surface area contributed by atoms with Crippen molar-refractivity contribution in [3.8, 4) is 0 Å². The highest BCUT2D eigenvalue weighted by atomic mass is 35.5. The van der Waals surface area contributed by atoms with Crippen LogP contribution < -0.4 is 9.91 Å². The summed E-state index contributed by atoms with van der Waals surface area (Å²) in [5.41, 5.74) is 3.23. The minimum Gasteiger partial charge on any atom is -0.478 e. The number of benzene rings is 2. The number of nitrogens with zero attached hydrogens (tertiary/aromatic N) is 3. The Kier molecular flexibility index (Phi) is 5.01. The van der Waals surface area contributed by atoms with Gasteiger partial charge in [0.25, 0.3) is 5.91 Å². The lowest BCUT2D eigenvalue weighted by molar-refractivity contribution is -0.114. The minimum atomic E-state index is -1.16. The minimum absolute atomic E-state index is 0.0773. The van der Waals surface area contributed by atoms with Gasteiger partial charge in [-0.15, -0.1) is 0 Å². The largest absolute Gasteiger partial charge is 0.478 e. The second-order valence-corrected chi connectivity index (χ2v) is 6.72. The van der Waals surface area contributed by atoms with E-state index in [1.54, 1.807) is 19.1 Å². The average molecular weight is 384 g/mol. The van der Waals surface area contributed by atoms with E-state index >= 15 is 0 Å². The number of rotatable bonds is 4. The maximum Gasteiger partial charge on any atom is 0.337 e. The zero-order valence-corrected chi connectivity index (χ0v) is 15.9. The first kappa shape index (κ1) is 18.7. The lowest BCUT2D eigenvalue weighted by Crippen LogP contribution is -2.21. The van der Waals surface area contributed by atoms with Gasteiger partial charge in [-0.25, -0.2) is 4.79 Å². The van der Waals surface area contributed by atoms with E-state index in [9.17, 15) is 14.7 Å². The summed E-state index contributed by atoms with van der Waals surface area (Å²) in [4.78, 5) is 26.1. The standard InChI is InChI=1S/C20H18ClN3O3/c1-12-16(10-13-4-6-14(7-5-13)23(2)3)19(25)24(22-12)15-8-9-18(21)17(11-15)20(26)27/h4-11H,1-3H3,(H,26,27). The summed E-state index contributed by atoms with van der Waals surface area (Å²) in [6.07, 6.45) is 1.77. The predicted octanol–water partition coefficient (Wildman–Crippen LogP) is 3.91. The molecule has 0 saturated heterocycles. The molecule has 6 nitrogen and oxygen atoms in total. The van der Waals surface area contributed by atoms with Gasteiger partial charge in [-0.3, -0.25) is 4.79 Å². The lowest BCUT2D eigenvalue weighted by Gasteiger charge is -2.13. The van der Waals surface area contributed by atoms with Gasteiger partial charge >= 0.3 is 5.97 Å². The number of anilines is 2. The van der Waals surface area contributed by atoms with Gasteiger partial charge in [0, 0.05) is 19.8 Å². The summed E-state index contributed by atoms with van der Waals surface area (Å²) in [6, 6.07) is 12.1. The molecule has 1 N–H and O–H groups in total. The highest BCUT2D eigenvalue weighted by Crippen LogP contribution is 2.29. The van der Waals surface area contributed by atoms with Gasteiger partial charge in [0.15, 0.2) is 0 Å². The van der Waals surface area contributed by atoms with E-state index in [1.807, 2.05) is 43.3 Å². The van der Waals surface area contributed by atoms with E-state index in [2.05, 4.69) is 5.10 Å². The first-order valence-corrected chi connectivity index (χ1v) is 8.57. The SMILES string of the molecule is CC1=NN(c2ccc(Cl)c(C(=O)O)c2)C(=O)C1=Cc1ccc(N(C)C)cc1. The molecule has 1 aliphatic heterocycles. The molecule has 27 heavy (non-hydrogen) atoms. The fourth-order valence-corrected chi connectivity index (χ4v) is 2.90. The number of hydrogen-bond donors (Lipinski definition) is 1. The number of carbonyl (C=O) groups is 2. The van der Waals surface area contributed by atoms with Crippen LogP contribution in [0.4, 0.5) is 11.4 Å². The van der Waals surface area contributed by atoms with Crippen molar-refractivity contribution in [1.29, 1.82) is 0 Å². The third-order valence-electron chi connectivity index (χ3n) is 4.21. The molecule has 0 radical (unpaired) electrons. The van der Waals surface area contributed by atoms with Crippen LogP contribution in [0.3, 0.4) is 0 Å². The van der Waals surface area contributed by atoms with E-state index in [4.69, 9.17) is 11.6 Å². The number of halogens is 1. The molecule has 3 rings (SSSR count). The zero-order chi connectivity index (χ0) is 19.7. The molecule has 1 heterocycles. The second-order valence-electron chi connectivity index (χ2n) is 6.32. The monoisotopic (exact) mass is 383 g/mol. The summed E-state index contributed by atoms with van der Waals surface area (Å²) in [5.74, 6) is -1.48. The predicted molar refractivity (Wildman–Crippen MR) is 108 cm³/mol. The molecule has 2 aromatic carbocycles. The summed E-state index contributed by atoms with van der Waals surface area (Å²) in [6.45, 7) is 1.74. The van der Waals surface area contributed by atoms with Crippen LogP contribution in [0, 0.1) is 0 Å². The van der Waals surface area contributed by atoms with Gasteiger partial charge in [-0.1, -0.05) is 23.7 Å². The number of hydrazone groups is 1. The van der Waals surface area contributed by atoms with Gasteiger partial charge in [0.2, 0.25) is 0 Å². The molecule has 7 heteroatoms. The topological polar surface area (TPSA) is 73.2 Å². The van der Waals surface area contributed by atoms with Crippen LogP contribution in [0.15, 0.2) is 53.1 Å². The van der Waals surface area contributed by atoms with E-state index in [1.165, 1.54) is 17.1 Å². The number of hydrogen-bond acceptors (Lipinski definition) is 4. The van der Waals surface area contributed by atoms with Crippen molar-refractivity contribution in [2.24, 2.45) is 5.10 Å². The fraction of sp³-hybridized carbons (Fsp3) is 0.150. The quantitative estimate of drug-likeness (QED) is 0.812. The molecular weight excluding hydrogens is 366 g/mol. The molecule has 0 spiro atoms. The fourth-order valence-electron chi connectivity index (χ4n) is 2.70. The molecule has 0 fully saturated rings. The third kappa shape index (κ3) is 3.71. The summed E-state index contributed by atoms with van der Waals surface area (Å²) in [7, 11) is 3.92. The zero-order valence-electron chi connectivity index (χ0n) is 15.1. The maximum absolute atomic E-state index is 12.8. The molecule has 1 aliphatic rings. The van der Waals surface area contributed by atoms with Gasteiger partial charge in [-0.05, 0) is 48.9 Å². The Morgan fingerprint density at radius 2 is 1.85 bits per heavy atom. The molecule has 2 aromatic rings. The van der Waals surface area contributed by atoms with Crippen molar-refractivity contribution < 1.29 is 14.7 Å². The molecule has 1 amide bonds. The van der Waals surface area contributed by atoms with Crippen LogP contribution in [-0.4, -0.2) is 36.8 Å². The summed E-state index contributed by atoms with van der Waals surface area (Å²) < 4.78 is 0. The van der Waals surface area contributed by atoms with Crippen molar-refractivity contribution in [2.75, 3.05) is 24.0 Å². The van der Waals surface area contributed by atoms with E-state index in [0.717, 1.165) is 11.3 Å². The summed E-state index contributed by atoms with van der Waals surface area (Å²) in [5, 5.41) is 14.8. The molecule has 0 bridgehead atoms. The Balaban J connectivity index is 1.92. The summed E-state index contributed by atoms with van der Waals surface area (Å²) >= 11 is 5.90. The van der Waals surface area contributed by atoms with Crippen molar-refractivity contribution >= 4 is 46.6 Å². The van der Waals surface area contributed by atoms with Crippen molar-refractivity contribution in [2.45, 2.75) is 6.92 Å². The second kappa shape index (κ2) is 7.25. The van der Waals surface area contributed by atoms with Crippen LogP contribution in [-0.2, 0) is 4.79 Å². The molecular formula is C20H18ClN3O3. The third-order valence-corrected chi connectivity index (χ3v) is 4.54. The molecule has 0 saturated carbocycles. The Hall–Kier alpha value is -3.12. The van der Waals surface area contributed by atoms with Crippen LogP contribution in [0.25, 0.3) is 6.08 Å². The van der Waals surface area contributed by atoms with E-state index < -0.39 is 5.97 Å². The molecule has 0 atom stereocenters. The van der Waals surface area contributed by atoms with Crippen LogP contribution >= 0.6 is 11.6 Å². The smallest absolute Gasteiger partial charge is 0.337 e. The number of carboxylic acid groups (broad SMARTS) is 1. The Bertz CT molecular complexity index is 978. The molecule has 0 aromatic heterocycles. The highest BCUT2D eigenvalue weighted by Gasteiger charge is 2.29. The lowest BCUT2D eigenvalue weighted by atomic mass is 10.1.